The van der Waals surface area contributed by atoms with Gasteiger partial charge in [-0.2, -0.15) is 24.9 Å². The molecule has 0 fully saturated rings. The largest absolute Gasteiger partial charge is 0.433 e. The van der Waals surface area contributed by atoms with E-state index in [1.54, 1.807) is 6.26 Å². The molecule has 2 aromatic heterocycles. The van der Waals surface area contributed by atoms with Gasteiger partial charge in [0, 0.05) is 12.8 Å². The van der Waals surface area contributed by atoms with Gasteiger partial charge in [-0.15, -0.1) is 10.2 Å². The first-order valence-electron chi connectivity index (χ1n) is 7.03. The summed E-state index contributed by atoms with van der Waals surface area (Å²) in [6, 6.07) is 1.98. The van der Waals surface area contributed by atoms with Crippen molar-refractivity contribution in [2.75, 3.05) is 18.3 Å². The van der Waals surface area contributed by atoms with E-state index in [1.165, 1.54) is 35.9 Å². The quantitative estimate of drug-likeness (QED) is 0.758. The Labute approximate surface area is 144 Å². The molecule has 11 heteroatoms. The van der Waals surface area contributed by atoms with Gasteiger partial charge in [0.05, 0.1) is 5.69 Å². The van der Waals surface area contributed by atoms with Crippen LogP contribution in [0.15, 0.2) is 18.5 Å². The molecule has 0 spiro atoms. The first-order valence-corrected chi connectivity index (χ1v) is 8.43. The van der Waals surface area contributed by atoms with Gasteiger partial charge < -0.3 is 0 Å². The highest BCUT2D eigenvalue weighted by Gasteiger charge is 2.42. The van der Waals surface area contributed by atoms with Gasteiger partial charge in [-0.1, -0.05) is 6.07 Å². The summed E-state index contributed by atoms with van der Waals surface area (Å²) in [6.45, 7) is 0. The van der Waals surface area contributed by atoms with Gasteiger partial charge in [0.25, 0.3) is 0 Å². The number of hydrogen-bond donors (Lipinski definition) is 0. The van der Waals surface area contributed by atoms with Crippen molar-refractivity contribution in [1.29, 1.82) is 0 Å². The van der Waals surface area contributed by atoms with Gasteiger partial charge in [-0.05, 0) is 17.9 Å². The maximum absolute atomic E-state index is 12.9. The third-order valence-corrected chi connectivity index (χ3v) is 4.36. The summed E-state index contributed by atoms with van der Waals surface area (Å²) < 4.78 is 40.1. The molecule has 1 aliphatic heterocycles. The Morgan fingerprint density at radius 2 is 2.00 bits per heavy atom. The topological polar surface area (TPSA) is 81.0 Å². The third kappa shape index (κ3) is 2.88. The summed E-state index contributed by atoms with van der Waals surface area (Å²) in [5.74, 6) is -2.40. The van der Waals surface area contributed by atoms with E-state index in [0.29, 0.717) is 0 Å². The van der Waals surface area contributed by atoms with Crippen LogP contribution in [0.25, 0.3) is 0 Å². The number of hydrogen-bond acceptors (Lipinski definition) is 6. The fourth-order valence-electron chi connectivity index (χ4n) is 2.62. The van der Waals surface area contributed by atoms with Crippen molar-refractivity contribution in [3.8, 4) is 0 Å². The number of amides is 1. The lowest BCUT2D eigenvalue weighted by Gasteiger charge is -2.29. The van der Waals surface area contributed by atoms with E-state index in [2.05, 4.69) is 15.2 Å². The summed E-state index contributed by atoms with van der Waals surface area (Å²) in [6.07, 6.45) is -1.63. The molecule has 25 heavy (non-hydrogen) atoms. The Hall–Kier alpha value is -2.43. The smallest absolute Gasteiger partial charge is 0.287 e. The minimum absolute atomic E-state index is 0.0904. The van der Waals surface area contributed by atoms with Crippen LogP contribution in [-0.2, 0) is 21.5 Å². The second-order valence-corrected chi connectivity index (χ2v) is 6.19. The maximum Gasteiger partial charge on any atom is 0.433 e. The highest BCUT2D eigenvalue weighted by molar-refractivity contribution is 7.97. The second-order valence-electron chi connectivity index (χ2n) is 5.32. The predicted octanol–water partition coefficient (Wildman–Crippen LogP) is 1.36. The van der Waals surface area contributed by atoms with Crippen molar-refractivity contribution in [2.45, 2.75) is 17.8 Å². The molecule has 132 valence electrons. The zero-order valence-corrected chi connectivity index (χ0v) is 13.9. The van der Waals surface area contributed by atoms with E-state index in [9.17, 15) is 22.8 Å². The molecule has 0 saturated carbocycles. The average Bonchev–Trinajstić information content (AvgIpc) is 3.03. The molecule has 1 unspecified atom stereocenters. The number of carbonyl (C=O) groups is 2. The normalized spacial score (nSPS) is 17.8. The van der Waals surface area contributed by atoms with E-state index in [1.807, 2.05) is 0 Å². The molecular formula is C14H12F3N5O2S. The molecule has 0 saturated heterocycles. The van der Waals surface area contributed by atoms with E-state index in [0.717, 1.165) is 11.1 Å². The molecule has 3 rings (SSSR count). The second kappa shape index (κ2) is 6.14. The lowest BCUT2D eigenvalue weighted by Crippen LogP contribution is -2.49. The fourth-order valence-corrected chi connectivity index (χ4v) is 3.13. The molecule has 2 aromatic rings. The van der Waals surface area contributed by atoms with Crippen molar-refractivity contribution in [2.24, 2.45) is 0 Å². The average molecular weight is 371 g/mol. The van der Waals surface area contributed by atoms with Gasteiger partial charge >= 0.3 is 12.1 Å². The zero-order chi connectivity index (χ0) is 18.4. The third-order valence-electron chi connectivity index (χ3n) is 3.80. The minimum Gasteiger partial charge on any atom is -0.287 e. The number of aromatic nitrogens is 4. The monoisotopic (exact) mass is 371 g/mol. The van der Waals surface area contributed by atoms with E-state index < -0.39 is 29.5 Å². The summed E-state index contributed by atoms with van der Waals surface area (Å²) >= 11 is 1.26. The first kappa shape index (κ1) is 17.4. The lowest BCUT2D eigenvalue weighted by atomic mass is 9.90. The lowest BCUT2D eigenvalue weighted by molar-refractivity contribution is -0.141. The number of pyridine rings is 1. The first-order chi connectivity index (χ1) is 11.8. The number of rotatable bonds is 3. The van der Waals surface area contributed by atoms with Crippen LogP contribution in [0.4, 0.5) is 13.2 Å². The van der Waals surface area contributed by atoms with Crippen molar-refractivity contribution >= 4 is 23.5 Å². The summed E-state index contributed by atoms with van der Waals surface area (Å²) in [4.78, 5) is 28.3. The molecule has 1 amide bonds. The number of fused-ring (bicyclic) bond motifs is 1. The Kier molecular flexibility index (Phi) is 4.27. The highest BCUT2D eigenvalue weighted by Crippen LogP contribution is 2.34. The highest BCUT2D eigenvalue weighted by atomic mass is 32.2. The zero-order valence-electron chi connectivity index (χ0n) is 13.1. The van der Waals surface area contributed by atoms with E-state index in [-0.39, 0.29) is 22.8 Å². The number of carbonyl (C=O) groups excluding carboxylic acids is 2. The van der Waals surface area contributed by atoms with E-state index in [4.69, 9.17) is 0 Å². The van der Waals surface area contributed by atoms with Crippen LogP contribution in [0.3, 0.4) is 0 Å². The van der Waals surface area contributed by atoms with Crippen LogP contribution < -0.4 is 5.01 Å². The van der Waals surface area contributed by atoms with E-state index >= 15 is 0 Å². The molecule has 0 aromatic carbocycles. The summed E-state index contributed by atoms with van der Waals surface area (Å²) in [7, 11) is 1.39. The van der Waals surface area contributed by atoms with Crippen LogP contribution in [-0.4, -0.2) is 44.9 Å². The standard InChI is InChI=1S/C14H12F3N5O2S/c1-21-13(24)11(23)10(12-20-18-6-22(12)21)7-3-4-9(14(15,16)17)19-8(7)5-25-2/h3-4,6,10H,5H2,1-2H3. The molecule has 1 aliphatic rings. The Balaban J connectivity index is 2.17. The fraction of sp³-hybridized carbons (Fsp3) is 0.357. The molecule has 0 N–H and O–H groups in total. The van der Waals surface area contributed by atoms with Crippen LogP contribution in [0, 0.1) is 0 Å². The number of nitrogens with zero attached hydrogens (tertiary/aromatic N) is 5. The Morgan fingerprint density at radius 1 is 1.28 bits per heavy atom. The Bertz CT molecular complexity index is 851. The van der Waals surface area contributed by atoms with Gasteiger partial charge in [-0.3, -0.25) is 9.59 Å². The maximum atomic E-state index is 12.9. The summed E-state index contributed by atoms with van der Waals surface area (Å²) in [5.41, 5.74) is -0.732. The minimum atomic E-state index is -4.60. The molecule has 0 aliphatic carbocycles. The molecule has 1 atom stereocenters. The number of likely N-dealkylation sites (N-methyl/N-ethyl adjacent to an activating group) is 1. The number of halogens is 3. The van der Waals surface area contributed by atoms with Gasteiger partial charge in [0.2, 0.25) is 5.78 Å². The number of alkyl halides is 3. The van der Waals surface area contributed by atoms with Crippen LogP contribution in [0.5, 0.6) is 0 Å². The predicted molar refractivity (Wildman–Crippen MR) is 82.5 cm³/mol. The van der Waals surface area contributed by atoms with Crippen LogP contribution >= 0.6 is 11.8 Å². The molecule has 3 heterocycles. The van der Waals surface area contributed by atoms with Gasteiger partial charge in [-0.25, -0.2) is 14.7 Å². The molecule has 0 radical (unpaired) electrons. The Morgan fingerprint density at radius 3 is 2.64 bits per heavy atom. The van der Waals surface area contributed by atoms with Gasteiger partial charge in [0.15, 0.2) is 5.82 Å². The van der Waals surface area contributed by atoms with Crippen molar-refractivity contribution < 1.29 is 22.8 Å². The summed E-state index contributed by atoms with van der Waals surface area (Å²) in [5, 5.41) is 8.61. The van der Waals surface area contributed by atoms with Crippen LogP contribution in [0.2, 0.25) is 0 Å². The van der Waals surface area contributed by atoms with Crippen molar-refractivity contribution in [3.05, 3.63) is 41.2 Å². The van der Waals surface area contributed by atoms with Crippen molar-refractivity contribution in [3.63, 3.8) is 0 Å². The molecule has 0 bridgehead atoms. The van der Waals surface area contributed by atoms with Crippen LogP contribution in [0.1, 0.15) is 28.7 Å². The number of Topliss-reactive ketones (excluding diaryl/α,β-unsaturated/α-hetero) is 1. The van der Waals surface area contributed by atoms with Gasteiger partial charge in [0.1, 0.15) is 17.9 Å². The number of ketones is 1. The molecular weight excluding hydrogens is 359 g/mol. The SMILES string of the molecule is CSCc1nc(C(F)(F)F)ccc1C1C(=O)C(=O)N(C)n2cnnc21. The van der Waals surface area contributed by atoms with Crippen molar-refractivity contribution in [1.82, 2.24) is 19.9 Å². The molecule has 7 nitrogen and oxygen atoms in total. The number of thioether (sulfide) groups is 1.